The highest BCUT2D eigenvalue weighted by atomic mass is 32.2. The van der Waals surface area contributed by atoms with E-state index < -0.39 is 28.4 Å². The zero-order valence-electron chi connectivity index (χ0n) is 17.8. The highest BCUT2D eigenvalue weighted by molar-refractivity contribution is 7.89. The number of rotatable bonds is 7. The van der Waals surface area contributed by atoms with Crippen molar-refractivity contribution in [1.29, 1.82) is 0 Å². The van der Waals surface area contributed by atoms with Crippen LogP contribution in [0, 0.1) is 0 Å². The number of esters is 1. The van der Waals surface area contributed by atoms with Gasteiger partial charge in [-0.05, 0) is 29.8 Å². The second kappa shape index (κ2) is 9.30. The van der Waals surface area contributed by atoms with Crippen molar-refractivity contribution in [3.8, 4) is 5.75 Å². The van der Waals surface area contributed by atoms with Crippen molar-refractivity contribution < 1.29 is 27.5 Å². The third-order valence-corrected chi connectivity index (χ3v) is 6.79. The first-order chi connectivity index (χ1) is 15.9. The molecular formula is C25H21NO6S. The van der Waals surface area contributed by atoms with Crippen molar-refractivity contribution in [2.24, 2.45) is 0 Å². The van der Waals surface area contributed by atoms with Crippen LogP contribution >= 0.6 is 0 Å². The van der Waals surface area contributed by atoms with E-state index in [1.54, 1.807) is 60.7 Å². The number of para-hydroxylation sites is 1. The fraction of sp³-hybridized carbons (Fsp3) is 0.120. The summed E-state index contributed by atoms with van der Waals surface area (Å²) in [5.74, 6) is -0.935. The lowest BCUT2D eigenvalue weighted by molar-refractivity contribution is -0.139. The minimum absolute atomic E-state index is 0.0438. The Bertz CT molecular complexity index is 1320. The summed E-state index contributed by atoms with van der Waals surface area (Å²) in [6.45, 7) is 0.741. The Balaban J connectivity index is 1.74. The zero-order valence-corrected chi connectivity index (χ0v) is 18.6. The molecule has 0 saturated heterocycles. The number of benzene rings is 3. The van der Waals surface area contributed by atoms with Gasteiger partial charge in [-0.15, -0.1) is 0 Å². The number of ketones is 1. The smallest absolute Gasteiger partial charge is 0.349 e. The number of hydrogen-bond donors (Lipinski definition) is 0. The first-order valence-electron chi connectivity index (χ1n) is 10.2. The van der Waals surface area contributed by atoms with Crippen LogP contribution in [0.1, 0.15) is 18.1 Å². The Morgan fingerprint density at radius 3 is 2.12 bits per heavy atom. The molecule has 0 spiro atoms. The van der Waals surface area contributed by atoms with Crippen molar-refractivity contribution in [3.05, 3.63) is 102 Å². The number of carbonyl (C=O) groups is 2. The molecule has 8 heteroatoms. The molecule has 0 bridgehead atoms. The molecule has 0 atom stereocenters. The molecule has 0 amide bonds. The Kier molecular flexibility index (Phi) is 6.28. The van der Waals surface area contributed by atoms with Crippen molar-refractivity contribution in [2.75, 3.05) is 6.61 Å². The first-order valence-corrected chi connectivity index (χ1v) is 11.6. The van der Waals surface area contributed by atoms with Gasteiger partial charge in [0.05, 0.1) is 11.4 Å². The quantitative estimate of drug-likeness (QED) is 0.496. The molecule has 0 aliphatic carbocycles. The van der Waals surface area contributed by atoms with Crippen molar-refractivity contribution in [1.82, 2.24) is 4.31 Å². The summed E-state index contributed by atoms with van der Waals surface area (Å²) in [6.07, 6.45) is 0. The number of ether oxygens (including phenoxy) is 2. The lowest BCUT2D eigenvalue weighted by Crippen LogP contribution is -2.38. The Hall–Kier alpha value is -3.91. The van der Waals surface area contributed by atoms with E-state index >= 15 is 0 Å². The maximum absolute atomic E-state index is 13.4. The molecule has 1 aliphatic rings. The molecule has 3 aromatic rings. The van der Waals surface area contributed by atoms with Gasteiger partial charge in [-0.1, -0.05) is 60.7 Å². The van der Waals surface area contributed by atoms with Gasteiger partial charge in [0, 0.05) is 12.5 Å². The number of sulfonamides is 1. The Morgan fingerprint density at radius 1 is 0.848 bits per heavy atom. The van der Waals surface area contributed by atoms with E-state index in [0.29, 0.717) is 11.3 Å². The molecule has 0 N–H and O–H groups in total. The van der Waals surface area contributed by atoms with Crippen molar-refractivity contribution >= 4 is 27.5 Å². The molecule has 0 fully saturated rings. The summed E-state index contributed by atoms with van der Waals surface area (Å²) in [5, 5.41) is 0. The van der Waals surface area contributed by atoms with E-state index in [-0.39, 0.29) is 28.5 Å². The third-order valence-electron chi connectivity index (χ3n) is 4.98. The van der Waals surface area contributed by atoms with Crippen LogP contribution in [0.3, 0.4) is 0 Å². The Morgan fingerprint density at radius 2 is 1.45 bits per heavy atom. The van der Waals surface area contributed by atoms with Gasteiger partial charge >= 0.3 is 5.97 Å². The molecule has 0 unspecified atom stereocenters. The summed E-state index contributed by atoms with van der Waals surface area (Å²) >= 11 is 0. The van der Waals surface area contributed by atoms with Crippen LogP contribution < -0.4 is 4.74 Å². The fourth-order valence-corrected chi connectivity index (χ4v) is 5.21. The number of nitrogens with zero attached hydrogens (tertiary/aromatic N) is 1. The van der Waals surface area contributed by atoms with Gasteiger partial charge in [-0.3, -0.25) is 9.10 Å². The van der Waals surface area contributed by atoms with Gasteiger partial charge in [0.15, 0.2) is 18.1 Å². The molecule has 0 radical (unpaired) electrons. The number of fused-ring (bicyclic) bond motifs is 1. The average molecular weight is 464 g/mol. The molecule has 4 rings (SSSR count). The molecule has 33 heavy (non-hydrogen) atoms. The van der Waals surface area contributed by atoms with E-state index in [1.165, 1.54) is 19.1 Å². The maximum atomic E-state index is 13.4. The number of Topliss-reactive ketones (excluding diaryl/α,β-unsaturated/α-hetero) is 1. The highest BCUT2D eigenvalue weighted by Gasteiger charge is 2.40. The molecule has 0 saturated carbocycles. The van der Waals surface area contributed by atoms with Gasteiger partial charge in [0.2, 0.25) is 0 Å². The maximum Gasteiger partial charge on any atom is 0.349 e. The topological polar surface area (TPSA) is 90.0 Å². The molecule has 1 aliphatic heterocycles. The summed E-state index contributed by atoms with van der Waals surface area (Å²) in [5.41, 5.74) is 0.628. The third kappa shape index (κ3) is 4.65. The van der Waals surface area contributed by atoms with Crippen molar-refractivity contribution in [3.63, 3.8) is 0 Å². The van der Waals surface area contributed by atoms with E-state index in [1.807, 2.05) is 12.1 Å². The van der Waals surface area contributed by atoms with Crippen LogP contribution in [0.25, 0.3) is 5.76 Å². The highest BCUT2D eigenvalue weighted by Crippen LogP contribution is 2.38. The lowest BCUT2D eigenvalue weighted by atomic mass is 10.1. The molecule has 7 nitrogen and oxygen atoms in total. The van der Waals surface area contributed by atoms with Gasteiger partial charge in [-0.25, -0.2) is 13.2 Å². The summed E-state index contributed by atoms with van der Waals surface area (Å²) in [7, 11) is -4.07. The Labute approximate surface area is 191 Å². The molecule has 3 aromatic carbocycles. The number of hydrogen-bond acceptors (Lipinski definition) is 6. The monoisotopic (exact) mass is 463 g/mol. The van der Waals surface area contributed by atoms with Gasteiger partial charge in [0.25, 0.3) is 10.0 Å². The van der Waals surface area contributed by atoms with Crippen LogP contribution in [-0.2, 0) is 30.9 Å². The minimum Gasteiger partial charge on any atom is -0.482 e. The van der Waals surface area contributed by atoms with E-state index in [2.05, 4.69) is 0 Å². The van der Waals surface area contributed by atoms with Crippen LogP contribution in [0.2, 0.25) is 0 Å². The molecule has 168 valence electrons. The van der Waals surface area contributed by atoms with E-state index in [9.17, 15) is 18.0 Å². The standard InChI is InChI=1S/C25H21NO6S/c1-18(27)24-25(32-23(28)17-31-20-12-6-3-7-13-20)21-14-8-9-15-22(21)33(29,30)26(24)16-19-10-4-2-5-11-19/h2-15H,16-17H2,1H3. The van der Waals surface area contributed by atoms with Crippen LogP contribution in [0.4, 0.5) is 0 Å². The largest absolute Gasteiger partial charge is 0.482 e. The summed E-state index contributed by atoms with van der Waals surface area (Å²) < 4.78 is 38.9. The van der Waals surface area contributed by atoms with E-state index in [4.69, 9.17) is 9.47 Å². The van der Waals surface area contributed by atoms with Crippen LogP contribution in [-0.4, -0.2) is 31.1 Å². The van der Waals surface area contributed by atoms with Crippen molar-refractivity contribution in [2.45, 2.75) is 18.4 Å². The molecule has 0 aromatic heterocycles. The minimum atomic E-state index is -4.07. The fourth-order valence-electron chi connectivity index (χ4n) is 3.51. The second-order valence-electron chi connectivity index (χ2n) is 7.30. The van der Waals surface area contributed by atoms with Gasteiger partial charge in [0.1, 0.15) is 11.4 Å². The van der Waals surface area contributed by atoms with E-state index in [0.717, 1.165) is 4.31 Å². The lowest BCUT2D eigenvalue weighted by Gasteiger charge is -2.32. The first kappa shape index (κ1) is 22.3. The predicted molar refractivity (Wildman–Crippen MR) is 121 cm³/mol. The molecular weight excluding hydrogens is 442 g/mol. The predicted octanol–water partition coefficient (Wildman–Crippen LogP) is 3.77. The average Bonchev–Trinajstić information content (AvgIpc) is 2.82. The summed E-state index contributed by atoms with van der Waals surface area (Å²) in [4.78, 5) is 25.3. The van der Waals surface area contributed by atoms with Crippen LogP contribution in [0.5, 0.6) is 5.75 Å². The molecule has 1 heterocycles. The second-order valence-corrected chi connectivity index (χ2v) is 9.13. The number of carbonyl (C=O) groups excluding carboxylic acids is 2. The normalized spacial score (nSPS) is 14.4. The van der Waals surface area contributed by atoms with Gasteiger partial charge < -0.3 is 9.47 Å². The number of allylic oxidation sites excluding steroid dienone is 1. The zero-order chi connectivity index (χ0) is 23.4. The summed E-state index contributed by atoms with van der Waals surface area (Å²) in [6, 6.07) is 23.7. The van der Waals surface area contributed by atoms with Gasteiger partial charge in [-0.2, -0.15) is 0 Å². The SMILES string of the molecule is CC(=O)C1=C(OC(=O)COc2ccccc2)c2ccccc2S(=O)(=O)N1Cc1ccccc1. The van der Waals surface area contributed by atoms with Crippen LogP contribution in [0.15, 0.2) is 95.5 Å².